The van der Waals surface area contributed by atoms with E-state index in [1.54, 1.807) is 12.1 Å². The Morgan fingerprint density at radius 3 is 2.95 bits per heavy atom. The molecule has 3 atom stereocenters. The third-order valence-electron chi connectivity index (χ3n) is 4.98. The van der Waals surface area contributed by atoms with Crippen LogP contribution in [0.1, 0.15) is 45.4 Å². The first-order chi connectivity index (χ1) is 9.97. The Labute approximate surface area is 130 Å². The van der Waals surface area contributed by atoms with E-state index in [1.165, 1.54) is 44.6 Å². The van der Waals surface area contributed by atoms with E-state index in [0.29, 0.717) is 0 Å². The fourth-order valence-corrected chi connectivity index (χ4v) is 4.64. The van der Waals surface area contributed by atoms with Crippen molar-refractivity contribution in [3.63, 3.8) is 0 Å². The lowest BCUT2D eigenvalue weighted by Crippen LogP contribution is -2.47. The van der Waals surface area contributed by atoms with Gasteiger partial charge >= 0.3 is 0 Å². The molecule has 2 saturated carbocycles. The van der Waals surface area contributed by atoms with Crippen LogP contribution in [0.2, 0.25) is 5.02 Å². The van der Waals surface area contributed by atoms with Gasteiger partial charge in [-0.25, -0.2) is 0 Å². The molecule has 0 aromatic heterocycles. The summed E-state index contributed by atoms with van der Waals surface area (Å²) in [4.78, 5) is 10.4. The van der Waals surface area contributed by atoms with Crippen LogP contribution in [0.5, 0.6) is 0 Å². The van der Waals surface area contributed by atoms with E-state index in [4.69, 9.17) is 11.6 Å². The number of nitrogens with zero attached hydrogens (tertiary/aromatic N) is 1. The molecule has 1 aromatic rings. The van der Waals surface area contributed by atoms with Crippen molar-refractivity contribution in [1.82, 2.24) is 0 Å². The zero-order valence-corrected chi connectivity index (χ0v) is 13.0. The number of rotatable bonds is 3. The van der Waals surface area contributed by atoms with Gasteiger partial charge in [0.05, 0.1) is 4.92 Å². The van der Waals surface area contributed by atoms with Crippen LogP contribution < -0.4 is 5.32 Å². The summed E-state index contributed by atoms with van der Waals surface area (Å²) >= 11 is 6.02. The van der Waals surface area contributed by atoms with Gasteiger partial charge in [0, 0.05) is 17.3 Å². The molecule has 2 aliphatic rings. The molecule has 2 aliphatic carbocycles. The minimum absolute atomic E-state index is 0.0294. The lowest BCUT2D eigenvalue weighted by Gasteiger charge is -2.48. The highest BCUT2D eigenvalue weighted by molar-refractivity contribution is 6.32. The molecule has 0 heterocycles. The number of hydrogen-bond donors (Lipinski definition) is 1. The van der Waals surface area contributed by atoms with Crippen molar-refractivity contribution in [2.24, 2.45) is 11.8 Å². The summed E-state index contributed by atoms with van der Waals surface area (Å²) in [5.74, 6) is 1.56. The van der Waals surface area contributed by atoms with E-state index in [0.717, 1.165) is 17.5 Å². The van der Waals surface area contributed by atoms with Crippen LogP contribution in [0.25, 0.3) is 0 Å². The number of nitro benzene ring substituents is 1. The quantitative estimate of drug-likeness (QED) is 0.630. The van der Waals surface area contributed by atoms with Gasteiger partial charge in [0.15, 0.2) is 0 Å². The maximum Gasteiger partial charge on any atom is 0.288 e. The number of fused-ring (bicyclic) bond motifs is 2. The lowest BCUT2D eigenvalue weighted by molar-refractivity contribution is -0.384. The number of hydrogen-bond acceptors (Lipinski definition) is 3. The second kappa shape index (κ2) is 5.48. The van der Waals surface area contributed by atoms with Crippen molar-refractivity contribution in [3.8, 4) is 0 Å². The van der Waals surface area contributed by atoms with Gasteiger partial charge in [-0.05, 0) is 49.7 Å². The lowest BCUT2D eigenvalue weighted by atomic mass is 9.64. The second-order valence-electron chi connectivity index (χ2n) is 6.84. The summed E-state index contributed by atoms with van der Waals surface area (Å²) in [6.45, 7) is 2.33. The Kier molecular flexibility index (Phi) is 3.82. The predicted molar refractivity (Wildman–Crippen MR) is 84.8 cm³/mol. The third-order valence-corrected chi connectivity index (χ3v) is 5.28. The van der Waals surface area contributed by atoms with Gasteiger partial charge in [-0.1, -0.05) is 31.4 Å². The van der Waals surface area contributed by atoms with E-state index >= 15 is 0 Å². The molecule has 5 heteroatoms. The molecule has 0 aliphatic heterocycles. The van der Waals surface area contributed by atoms with E-state index in [9.17, 15) is 10.1 Å². The second-order valence-corrected chi connectivity index (χ2v) is 7.24. The predicted octanol–water partition coefficient (Wildman–Crippen LogP) is 5.02. The van der Waals surface area contributed by atoms with E-state index in [1.807, 2.05) is 0 Å². The van der Waals surface area contributed by atoms with E-state index in [-0.39, 0.29) is 16.2 Å². The molecule has 0 saturated heterocycles. The zero-order valence-electron chi connectivity index (χ0n) is 12.3. The van der Waals surface area contributed by atoms with Gasteiger partial charge in [-0.15, -0.1) is 0 Å². The van der Waals surface area contributed by atoms with E-state index < -0.39 is 4.92 Å². The van der Waals surface area contributed by atoms with Crippen molar-refractivity contribution in [2.75, 3.05) is 5.32 Å². The van der Waals surface area contributed by atoms with Crippen LogP contribution in [0.4, 0.5) is 11.4 Å². The van der Waals surface area contributed by atoms with Crippen LogP contribution in [-0.4, -0.2) is 10.5 Å². The molecule has 0 amide bonds. The molecule has 3 unspecified atom stereocenters. The van der Waals surface area contributed by atoms with Crippen molar-refractivity contribution in [2.45, 2.75) is 51.0 Å². The summed E-state index contributed by atoms with van der Waals surface area (Å²) in [5.41, 5.74) is 1.03. The smallest absolute Gasteiger partial charge is 0.288 e. The molecule has 3 rings (SSSR count). The zero-order chi connectivity index (χ0) is 15.0. The number of benzene rings is 1. The maximum absolute atomic E-state index is 10.8. The molecule has 21 heavy (non-hydrogen) atoms. The Bertz CT molecular complexity index is 559. The minimum Gasteiger partial charge on any atom is -0.380 e. The Balaban J connectivity index is 1.82. The van der Waals surface area contributed by atoms with Gasteiger partial charge in [-0.2, -0.15) is 0 Å². The minimum atomic E-state index is -0.441. The van der Waals surface area contributed by atoms with Crippen molar-refractivity contribution >= 4 is 23.0 Å². The average Bonchev–Trinajstić information content (AvgIpc) is 2.36. The molecule has 2 fully saturated rings. The Morgan fingerprint density at radius 1 is 1.43 bits per heavy atom. The van der Waals surface area contributed by atoms with Gasteiger partial charge in [0.1, 0.15) is 5.02 Å². The van der Waals surface area contributed by atoms with Crippen molar-refractivity contribution in [3.05, 3.63) is 33.3 Å². The monoisotopic (exact) mass is 308 g/mol. The topological polar surface area (TPSA) is 55.2 Å². The number of nitrogens with one attached hydrogen (secondary N) is 1. The first-order valence-corrected chi connectivity index (χ1v) is 8.07. The molecule has 1 aromatic carbocycles. The summed E-state index contributed by atoms with van der Waals surface area (Å²) in [5, 5.41) is 14.7. The molecule has 1 N–H and O–H groups in total. The Hall–Kier alpha value is -1.29. The van der Waals surface area contributed by atoms with Crippen molar-refractivity contribution < 1.29 is 4.92 Å². The fraction of sp³-hybridized carbons (Fsp3) is 0.625. The number of anilines is 1. The summed E-state index contributed by atoms with van der Waals surface area (Å²) < 4.78 is 0. The van der Waals surface area contributed by atoms with Gasteiger partial charge in [0.25, 0.3) is 5.69 Å². The largest absolute Gasteiger partial charge is 0.380 e. The van der Waals surface area contributed by atoms with Crippen LogP contribution in [0, 0.1) is 22.0 Å². The molecule has 0 radical (unpaired) electrons. The summed E-state index contributed by atoms with van der Waals surface area (Å²) in [6, 6.07) is 4.97. The normalized spacial score (nSPS) is 31.7. The summed E-state index contributed by atoms with van der Waals surface area (Å²) in [6.07, 6.45) is 7.52. The van der Waals surface area contributed by atoms with Gasteiger partial charge in [0.2, 0.25) is 0 Å². The van der Waals surface area contributed by atoms with Crippen LogP contribution in [0.3, 0.4) is 0 Å². The Morgan fingerprint density at radius 2 is 2.24 bits per heavy atom. The van der Waals surface area contributed by atoms with Crippen LogP contribution >= 0.6 is 11.6 Å². The molecule has 0 spiro atoms. The molecule has 4 nitrogen and oxygen atoms in total. The average molecular weight is 309 g/mol. The van der Waals surface area contributed by atoms with Crippen molar-refractivity contribution in [1.29, 1.82) is 0 Å². The highest BCUT2D eigenvalue weighted by Gasteiger charge is 2.41. The van der Waals surface area contributed by atoms with Crippen LogP contribution in [0.15, 0.2) is 18.2 Å². The maximum atomic E-state index is 10.8. The first kappa shape index (κ1) is 14.6. The highest BCUT2D eigenvalue weighted by atomic mass is 35.5. The molecular weight excluding hydrogens is 288 g/mol. The highest BCUT2D eigenvalue weighted by Crippen LogP contribution is 2.47. The third kappa shape index (κ3) is 3.00. The molecule has 114 valence electrons. The number of nitro groups is 1. The molecular formula is C16H21ClN2O2. The standard InChI is InChI=1S/C16H21ClN2O2/c1-11-7-12-3-2-6-16(9-11,10-12)18-13-4-5-15(19(20)21)14(17)8-13/h4-5,8,11-12,18H,2-3,6-7,9-10H2,1H3. The fourth-order valence-electron chi connectivity index (χ4n) is 4.40. The first-order valence-electron chi connectivity index (χ1n) is 7.70. The van der Waals surface area contributed by atoms with Crippen LogP contribution in [-0.2, 0) is 0 Å². The van der Waals surface area contributed by atoms with Gasteiger partial charge in [-0.3, -0.25) is 10.1 Å². The summed E-state index contributed by atoms with van der Waals surface area (Å²) in [7, 11) is 0. The SMILES string of the molecule is CC1CC2CCCC(Nc3ccc([N+](=O)[O-])c(Cl)c3)(C1)C2. The molecule has 2 bridgehead atoms. The van der Waals surface area contributed by atoms with E-state index in [2.05, 4.69) is 12.2 Å². The van der Waals surface area contributed by atoms with Gasteiger partial charge < -0.3 is 5.32 Å². The number of halogens is 1.